The molecule has 9 heteroatoms. The molecular weight excluding hydrogens is 369 g/mol. The molecule has 0 aliphatic rings. The number of alkyl halides is 3. The smallest absolute Gasteiger partial charge is 0.398 e. The number of benzene rings is 2. The highest BCUT2D eigenvalue weighted by Crippen LogP contribution is 2.30. The van der Waals surface area contributed by atoms with Gasteiger partial charge in [-0.15, -0.1) is 0 Å². The lowest BCUT2D eigenvalue weighted by atomic mass is 10.2. The monoisotopic (exact) mass is 380 g/mol. The van der Waals surface area contributed by atoms with Crippen molar-refractivity contribution in [3.63, 3.8) is 0 Å². The van der Waals surface area contributed by atoms with Crippen molar-refractivity contribution in [2.45, 2.75) is 6.18 Å². The maximum Gasteiger partial charge on any atom is 0.416 e. The Balaban J connectivity index is 2.13. The number of amides is 1. The van der Waals surface area contributed by atoms with E-state index in [2.05, 4.69) is 10.6 Å². The highest BCUT2D eigenvalue weighted by molar-refractivity contribution is 6.33. The zero-order valence-corrected chi connectivity index (χ0v) is 13.8. The molecule has 0 radical (unpaired) electrons. The van der Waals surface area contributed by atoms with Crippen molar-refractivity contribution in [2.24, 2.45) is 0 Å². The molecule has 0 bridgehead atoms. The van der Waals surface area contributed by atoms with Crippen LogP contribution in [0.4, 0.5) is 30.2 Å². The second-order valence-electron chi connectivity index (χ2n) is 5.08. The predicted octanol–water partition coefficient (Wildman–Crippen LogP) is 4.40. The summed E-state index contributed by atoms with van der Waals surface area (Å²) in [5.41, 5.74) is 5.09. The highest BCUT2D eigenvalue weighted by Gasteiger charge is 2.30. The molecule has 0 aromatic heterocycles. The van der Waals surface area contributed by atoms with Gasteiger partial charge in [-0.1, -0.05) is 17.7 Å². The molecule has 134 valence electrons. The van der Waals surface area contributed by atoms with Gasteiger partial charge in [-0.25, -0.2) is 0 Å². The van der Waals surface area contributed by atoms with Crippen molar-refractivity contribution in [1.82, 2.24) is 0 Å². The first-order valence-electron chi connectivity index (χ1n) is 7.11. The Labute approximate surface area is 151 Å². The SMILES string of the molecule is N#C/C(=C/Nc1ccc(N)c(Cl)c1)C(=O)Nc1cccc(C(F)(F)F)c1. The summed E-state index contributed by atoms with van der Waals surface area (Å²) < 4.78 is 38.1. The summed E-state index contributed by atoms with van der Waals surface area (Å²) in [6.45, 7) is 0. The molecule has 1 amide bonds. The minimum absolute atomic E-state index is 0.0819. The van der Waals surface area contributed by atoms with Gasteiger partial charge in [0, 0.05) is 17.6 Å². The Morgan fingerprint density at radius 3 is 2.54 bits per heavy atom. The van der Waals surface area contributed by atoms with Gasteiger partial charge in [-0.2, -0.15) is 18.4 Å². The number of rotatable bonds is 4. The Morgan fingerprint density at radius 1 is 1.19 bits per heavy atom. The van der Waals surface area contributed by atoms with Gasteiger partial charge < -0.3 is 16.4 Å². The van der Waals surface area contributed by atoms with E-state index < -0.39 is 17.6 Å². The van der Waals surface area contributed by atoms with Crippen molar-refractivity contribution >= 4 is 34.6 Å². The van der Waals surface area contributed by atoms with Crippen LogP contribution in [-0.4, -0.2) is 5.91 Å². The van der Waals surface area contributed by atoms with Crippen LogP contribution in [0.15, 0.2) is 54.2 Å². The van der Waals surface area contributed by atoms with Crippen LogP contribution in [-0.2, 0) is 11.0 Å². The van der Waals surface area contributed by atoms with Gasteiger partial charge in [0.05, 0.1) is 16.3 Å². The van der Waals surface area contributed by atoms with Gasteiger partial charge in [0.1, 0.15) is 11.6 Å². The van der Waals surface area contributed by atoms with E-state index >= 15 is 0 Å². The number of hydrogen-bond acceptors (Lipinski definition) is 4. The number of nitriles is 1. The first-order valence-corrected chi connectivity index (χ1v) is 7.49. The molecule has 0 atom stereocenters. The van der Waals surface area contributed by atoms with E-state index in [1.165, 1.54) is 18.2 Å². The quantitative estimate of drug-likeness (QED) is 0.416. The molecule has 2 aromatic carbocycles. The summed E-state index contributed by atoms with van der Waals surface area (Å²) in [5.74, 6) is -0.860. The van der Waals surface area contributed by atoms with E-state index in [9.17, 15) is 18.0 Å². The van der Waals surface area contributed by atoms with Crippen LogP contribution in [0.3, 0.4) is 0 Å². The molecule has 2 aromatic rings. The molecule has 0 unspecified atom stereocenters. The zero-order chi connectivity index (χ0) is 19.3. The standard InChI is InChI=1S/C17H12ClF3N4O/c18-14-7-12(4-5-15(14)23)24-9-10(8-22)16(26)25-13-3-1-2-11(6-13)17(19,20)21/h1-7,9,24H,23H2,(H,25,26)/b10-9-. The fraction of sp³-hybridized carbons (Fsp3) is 0.0588. The number of carbonyl (C=O) groups excluding carboxylic acids is 1. The Morgan fingerprint density at radius 2 is 1.92 bits per heavy atom. The summed E-state index contributed by atoms with van der Waals surface area (Å²) in [6.07, 6.45) is -3.42. The lowest BCUT2D eigenvalue weighted by Gasteiger charge is -2.10. The molecule has 0 saturated heterocycles. The number of halogens is 4. The third-order valence-corrected chi connectivity index (χ3v) is 3.52. The lowest BCUT2D eigenvalue weighted by Crippen LogP contribution is -2.15. The van der Waals surface area contributed by atoms with Crippen LogP contribution >= 0.6 is 11.6 Å². The minimum Gasteiger partial charge on any atom is -0.398 e. The van der Waals surface area contributed by atoms with Crippen molar-refractivity contribution < 1.29 is 18.0 Å². The highest BCUT2D eigenvalue weighted by atomic mass is 35.5. The van der Waals surface area contributed by atoms with Crippen LogP contribution in [0.2, 0.25) is 5.02 Å². The van der Waals surface area contributed by atoms with E-state index in [0.717, 1.165) is 24.4 Å². The first-order chi connectivity index (χ1) is 12.2. The number of carbonyl (C=O) groups is 1. The predicted molar refractivity (Wildman–Crippen MR) is 93.3 cm³/mol. The molecule has 2 rings (SSSR count). The molecule has 0 saturated carbocycles. The molecule has 26 heavy (non-hydrogen) atoms. The first kappa shape index (κ1) is 19.1. The Kier molecular flexibility index (Phi) is 5.75. The molecular formula is C17H12ClF3N4O. The zero-order valence-electron chi connectivity index (χ0n) is 13.1. The fourth-order valence-electron chi connectivity index (χ4n) is 1.89. The number of nitrogens with one attached hydrogen (secondary N) is 2. The minimum atomic E-state index is -4.54. The van der Waals surface area contributed by atoms with Crippen molar-refractivity contribution in [2.75, 3.05) is 16.4 Å². The number of nitrogens with zero attached hydrogens (tertiary/aromatic N) is 1. The molecule has 4 N–H and O–H groups in total. The van der Waals surface area contributed by atoms with Gasteiger partial charge >= 0.3 is 6.18 Å². The van der Waals surface area contributed by atoms with Crippen molar-refractivity contribution in [1.29, 1.82) is 5.26 Å². The largest absolute Gasteiger partial charge is 0.416 e. The summed E-state index contributed by atoms with van der Waals surface area (Å²) >= 11 is 5.86. The maximum atomic E-state index is 12.7. The topological polar surface area (TPSA) is 90.9 Å². The van der Waals surface area contributed by atoms with E-state index in [1.807, 2.05) is 0 Å². The second-order valence-corrected chi connectivity index (χ2v) is 5.49. The van der Waals surface area contributed by atoms with Crippen LogP contribution in [0, 0.1) is 11.3 Å². The second kappa shape index (κ2) is 7.80. The van der Waals surface area contributed by atoms with Gasteiger partial charge in [-0.05, 0) is 36.4 Å². The average molecular weight is 381 g/mol. The molecule has 0 heterocycles. The van der Waals surface area contributed by atoms with E-state index in [-0.39, 0.29) is 16.3 Å². The molecule has 0 aliphatic heterocycles. The van der Waals surface area contributed by atoms with Gasteiger partial charge in [-0.3, -0.25) is 4.79 Å². The summed E-state index contributed by atoms with van der Waals surface area (Å²) in [7, 11) is 0. The van der Waals surface area contributed by atoms with Crippen LogP contribution < -0.4 is 16.4 Å². The summed E-state index contributed by atoms with van der Waals surface area (Å²) in [5, 5.41) is 14.3. The Hall–Kier alpha value is -3.18. The Bertz CT molecular complexity index is 904. The van der Waals surface area contributed by atoms with E-state index in [1.54, 1.807) is 12.1 Å². The number of nitrogen functional groups attached to an aromatic ring is 1. The van der Waals surface area contributed by atoms with Gasteiger partial charge in [0.25, 0.3) is 5.91 Å². The van der Waals surface area contributed by atoms with Gasteiger partial charge in [0.2, 0.25) is 0 Å². The third-order valence-electron chi connectivity index (χ3n) is 3.20. The molecule has 0 spiro atoms. The third kappa shape index (κ3) is 4.91. The van der Waals surface area contributed by atoms with Gasteiger partial charge in [0.15, 0.2) is 0 Å². The fourth-order valence-corrected chi connectivity index (χ4v) is 2.07. The molecule has 0 fully saturated rings. The number of anilines is 3. The van der Waals surface area contributed by atoms with Crippen molar-refractivity contribution in [3.05, 3.63) is 64.8 Å². The molecule has 5 nitrogen and oxygen atoms in total. The maximum absolute atomic E-state index is 12.7. The van der Waals surface area contributed by atoms with Crippen LogP contribution in [0.1, 0.15) is 5.56 Å². The van der Waals surface area contributed by atoms with E-state index in [4.69, 9.17) is 22.6 Å². The summed E-state index contributed by atoms with van der Waals surface area (Å²) in [4.78, 5) is 12.1. The number of nitrogens with two attached hydrogens (primary N) is 1. The average Bonchev–Trinajstić information content (AvgIpc) is 2.58. The number of hydrogen-bond donors (Lipinski definition) is 3. The van der Waals surface area contributed by atoms with Crippen LogP contribution in [0.5, 0.6) is 0 Å². The summed E-state index contributed by atoms with van der Waals surface area (Å²) in [6, 6.07) is 10.4. The van der Waals surface area contributed by atoms with Crippen LogP contribution in [0.25, 0.3) is 0 Å². The lowest BCUT2D eigenvalue weighted by molar-refractivity contribution is -0.137. The molecule has 0 aliphatic carbocycles. The van der Waals surface area contributed by atoms with E-state index in [0.29, 0.717) is 11.4 Å². The normalized spacial score (nSPS) is 11.6. The van der Waals surface area contributed by atoms with Crippen molar-refractivity contribution in [3.8, 4) is 6.07 Å².